The van der Waals surface area contributed by atoms with Gasteiger partial charge >= 0.3 is 0 Å². The van der Waals surface area contributed by atoms with Gasteiger partial charge in [0.05, 0.1) is 19.3 Å². The maximum Gasteiger partial charge on any atom is 0.273 e. The van der Waals surface area contributed by atoms with Crippen molar-refractivity contribution in [2.24, 2.45) is 5.92 Å². The number of benzene rings is 2. The molecule has 0 aromatic heterocycles. The molecule has 2 aromatic rings. The minimum absolute atomic E-state index is 0.0411. The first kappa shape index (κ1) is 20.9. The average Bonchev–Trinajstić information content (AvgIpc) is 2.94. The molecular formula is C23H24ClNO4. The number of carbonyl (C=O) groups is 2. The number of hydrogen-bond donors (Lipinski definition) is 0. The zero-order chi connectivity index (χ0) is 21.0. The predicted octanol–water partition coefficient (Wildman–Crippen LogP) is 4.29. The van der Waals surface area contributed by atoms with E-state index in [4.69, 9.17) is 21.1 Å². The lowest BCUT2D eigenvalue weighted by Gasteiger charge is -2.15. The molecule has 2 aromatic carbocycles. The van der Waals surface area contributed by atoms with Crippen molar-refractivity contribution in [3.63, 3.8) is 0 Å². The second-order valence-corrected chi connectivity index (χ2v) is 7.66. The maximum atomic E-state index is 12.9. The van der Waals surface area contributed by atoms with Crippen molar-refractivity contribution in [1.82, 2.24) is 4.90 Å². The van der Waals surface area contributed by atoms with Gasteiger partial charge in [-0.3, -0.25) is 14.5 Å². The molecule has 1 aliphatic heterocycles. The molecular weight excluding hydrogens is 390 g/mol. The van der Waals surface area contributed by atoms with Crippen LogP contribution in [0.1, 0.15) is 25.0 Å². The third-order valence-electron chi connectivity index (χ3n) is 4.62. The van der Waals surface area contributed by atoms with Crippen LogP contribution in [0, 0.1) is 5.92 Å². The van der Waals surface area contributed by atoms with Crippen LogP contribution in [0.3, 0.4) is 0 Å². The van der Waals surface area contributed by atoms with Crippen LogP contribution in [0.15, 0.2) is 53.6 Å². The molecule has 2 amide bonds. The standard InChI is InChI=1S/C23H24ClNO4/c1-15(2)14-29-19-10-6-17(7-11-19)20-21(24)23(27)25(22(20)26)13-12-16-4-8-18(28-3)9-5-16/h4-11,15H,12-14H2,1-3H3. The van der Waals surface area contributed by atoms with E-state index in [-0.39, 0.29) is 23.1 Å². The Labute approximate surface area is 175 Å². The highest BCUT2D eigenvalue weighted by Crippen LogP contribution is 2.32. The van der Waals surface area contributed by atoms with Crippen LogP contribution >= 0.6 is 11.6 Å². The van der Waals surface area contributed by atoms with Gasteiger partial charge in [-0.15, -0.1) is 0 Å². The lowest BCUT2D eigenvalue weighted by molar-refractivity contribution is -0.136. The van der Waals surface area contributed by atoms with Gasteiger partial charge in [-0.25, -0.2) is 0 Å². The van der Waals surface area contributed by atoms with Gasteiger partial charge in [0.1, 0.15) is 16.5 Å². The van der Waals surface area contributed by atoms with Gasteiger partial charge in [-0.2, -0.15) is 0 Å². The fourth-order valence-electron chi connectivity index (χ4n) is 3.01. The number of imide groups is 1. The Balaban J connectivity index is 1.69. The van der Waals surface area contributed by atoms with Crippen LogP contribution in [0.5, 0.6) is 11.5 Å². The molecule has 0 radical (unpaired) electrons. The van der Waals surface area contributed by atoms with Crippen LogP contribution in [0.2, 0.25) is 0 Å². The molecule has 0 aliphatic carbocycles. The molecule has 0 atom stereocenters. The highest BCUT2D eigenvalue weighted by Gasteiger charge is 2.37. The van der Waals surface area contributed by atoms with Gasteiger partial charge in [-0.05, 0) is 47.7 Å². The van der Waals surface area contributed by atoms with Crippen molar-refractivity contribution in [3.05, 3.63) is 64.7 Å². The van der Waals surface area contributed by atoms with Crippen molar-refractivity contribution in [2.45, 2.75) is 20.3 Å². The fourth-order valence-corrected chi connectivity index (χ4v) is 3.31. The molecule has 3 rings (SSSR count). The monoisotopic (exact) mass is 413 g/mol. The van der Waals surface area contributed by atoms with Crippen LogP contribution in [-0.2, 0) is 16.0 Å². The van der Waals surface area contributed by atoms with Gasteiger partial charge < -0.3 is 9.47 Å². The summed E-state index contributed by atoms with van der Waals surface area (Å²) in [6, 6.07) is 14.6. The molecule has 0 spiro atoms. The average molecular weight is 414 g/mol. The Morgan fingerprint density at radius 3 is 2.14 bits per heavy atom. The lowest BCUT2D eigenvalue weighted by atomic mass is 10.1. The first-order valence-electron chi connectivity index (χ1n) is 9.53. The first-order chi connectivity index (χ1) is 13.9. The number of hydrogen-bond acceptors (Lipinski definition) is 4. The van der Waals surface area contributed by atoms with Crippen molar-refractivity contribution in [3.8, 4) is 11.5 Å². The maximum absolute atomic E-state index is 12.9. The smallest absolute Gasteiger partial charge is 0.273 e. The zero-order valence-electron chi connectivity index (χ0n) is 16.8. The van der Waals surface area contributed by atoms with E-state index in [2.05, 4.69) is 13.8 Å². The SMILES string of the molecule is COc1ccc(CCN2C(=O)C(Cl)=C(c3ccc(OCC(C)C)cc3)C2=O)cc1. The Kier molecular flexibility index (Phi) is 6.60. The van der Waals surface area contributed by atoms with E-state index < -0.39 is 5.91 Å². The first-order valence-corrected chi connectivity index (χ1v) is 9.90. The molecule has 0 bridgehead atoms. The van der Waals surface area contributed by atoms with Crippen LogP contribution < -0.4 is 9.47 Å². The van der Waals surface area contributed by atoms with Crippen molar-refractivity contribution < 1.29 is 19.1 Å². The second kappa shape index (κ2) is 9.14. The third kappa shape index (κ3) is 4.80. The molecule has 0 fully saturated rings. The summed E-state index contributed by atoms with van der Waals surface area (Å²) < 4.78 is 10.8. The van der Waals surface area contributed by atoms with Crippen LogP contribution in [-0.4, -0.2) is 37.0 Å². The highest BCUT2D eigenvalue weighted by atomic mass is 35.5. The molecule has 152 valence electrons. The van der Waals surface area contributed by atoms with Gasteiger partial charge in [0.15, 0.2) is 0 Å². The van der Waals surface area contributed by atoms with Crippen molar-refractivity contribution in [1.29, 1.82) is 0 Å². The largest absolute Gasteiger partial charge is 0.497 e. The van der Waals surface area contributed by atoms with E-state index in [1.54, 1.807) is 31.4 Å². The molecule has 29 heavy (non-hydrogen) atoms. The third-order valence-corrected chi connectivity index (χ3v) is 4.97. The number of halogens is 1. The van der Waals surface area contributed by atoms with Gasteiger partial charge in [0.2, 0.25) is 0 Å². The summed E-state index contributed by atoms with van der Waals surface area (Å²) in [5, 5.41) is -0.0411. The number of nitrogens with zero attached hydrogens (tertiary/aromatic N) is 1. The Bertz CT molecular complexity index is 917. The number of amides is 2. The second-order valence-electron chi connectivity index (χ2n) is 7.28. The summed E-state index contributed by atoms with van der Waals surface area (Å²) in [6.45, 7) is 5.02. The quantitative estimate of drug-likeness (QED) is 0.606. The Morgan fingerprint density at radius 1 is 0.931 bits per heavy atom. The van der Waals surface area contributed by atoms with Crippen LogP contribution in [0.25, 0.3) is 5.57 Å². The van der Waals surface area contributed by atoms with Crippen LogP contribution in [0.4, 0.5) is 0 Å². The van der Waals surface area contributed by atoms with Gasteiger partial charge in [0.25, 0.3) is 11.8 Å². The molecule has 1 heterocycles. The number of rotatable bonds is 8. The van der Waals surface area contributed by atoms with Gasteiger partial charge in [-0.1, -0.05) is 49.7 Å². The molecule has 0 unspecified atom stereocenters. The van der Waals surface area contributed by atoms with E-state index >= 15 is 0 Å². The summed E-state index contributed by atoms with van der Waals surface area (Å²) in [6.07, 6.45) is 0.543. The van der Waals surface area contributed by atoms with E-state index in [0.717, 1.165) is 11.3 Å². The minimum atomic E-state index is -0.458. The zero-order valence-corrected chi connectivity index (χ0v) is 17.5. The van der Waals surface area contributed by atoms with Crippen molar-refractivity contribution in [2.75, 3.05) is 20.3 Å². The molecule has 0 saturated heterocycles. The normalized spacial score (nSPS) is 14.2. The number of ether oxygens (including phenoxy) is 2. The summed E-state index contributed by atoms with van der Waals surface area (Å²) >= 11 is 6.24. The topological polar surface area (TPSA) is 55.8 Å². The highest BCUT2D eigenvalue weighted by molar-refractivity contribution is 6.55. The number of methoxy groups -OCH3 is 1. The number of carbonyl (C=O) groups excluding carboxylic acids is 2. The summed E-state index contributed by atoms with van der Waals surface area (Å²) in [5.74, 6) is 1.06. The molecule has 0 N–H and O–H groups in total. The molecule has 0 saturated carbocycles. The minimum Gasteiger partial charge on any atom is -0.497 e. The van der Waals surface area contributed by atoms with E-state index in [1.807, 2.05) is 24.3 Å². The lowest BCUT2D eigenvalue weighted by Crippen LogP contribution is -2.33. The summed E-state index contributed by atoms with van der Waals surface area (Å²) in [5.41, 5.74) is 1.85. The predicted molar refractivity (Wildman–Crippen MR) is 113 cm³/mol. The summed E-state index contributed by atoms with van der Waals surface area (Å²) in [4.78, 5) is 26.6. The van der Waals surface area contributed by atoms with E-state index in [0.29, 0.717) is 30.3 Å². The Hall–Kier alpha value is -2.79. The van der Waals surface area contributed by atoms with E-state index in [9.17, 15) is 9.59 Å². The molecule has 5 nitrogen and oxygen atoms in total. The van der Waals surface area contributed by atoms with Crippen molar-refractivity contribution >= 4 is 29.0 Å². The molecule has 1 aliphatic rings. The summed E-state index contributed by atoms with van der Waals surface area (Å²) in [7, 11) is 1.61. The van der Waals surface area contributed by atoms with Gasteiger partial charge in [0, 0.05) is 6.54 Å². The van der Waals surface area contributed by atoms with E-state index in [1.165, 1.54) is 4.90 Å². The Morgan fingerprint density at radius 2 is 1.55 bits per heavy atom. The molecule has 6 heteroatoms. The fraction of sp³-hybridized carbons (Fsp3) is 0.304.